The van der Waals surface area contributed by atoms with Crippen LogP contribution in [-0.4, -0.2) is 25.4 Å². The lowest BCUT2D eigenvalue weighted by Crippen LogP contribution is -2.44. The van der Waals surface area contributed by atoms with E-state index in [9.17, 15) is 0 Å². The van der Waals surface area contributed by atoms with Crippen molar-refractivity contribution in [3.8, 4) is 0 Å². The van der Waals surface area contributed by atoms with E-state index in [0.29, 0.717) is 17.6 Å². The normalized spacial score (nSPS) is 51.1. The third-order valence-electron chi connectivity index (χ3n) is 5.89. The number of ether oxygens (including phenoxy) is 2. The minimum Gasteiger partial charge on any atom is -0.373 e. The monoisotopic (exact) mass is 248 g/mol. The summed E-state index contributed by atoms with van der Waals surface area (Å²) in [5.74, 6) is 1.53. The average molecular weight is 248 g/mol. The molecule has 2 saturated carbocycles. The smallest absolute Gasteiger partial charge is 0.0877 e. The Labute approximate surface area is 110 Å². The Bertz CT molecular complexity index is 375. The molecule has 0 bridgehead atoms. The van der Waals surface area contributed by atoms with Gasteiger partial charge in [0.2, 0.25) is 0 Å². The van der Waals surface area contributed by atoms with E-state index in [1.165, 1.54) is 38.5 Å². The number of hydrogen-bond donors (Lipinski definition) is 0. The second-order valence-electron chi connectivity index (χ2n) is 6.96. The van der Waals surface area contributed by atoms with Crippen LogP contribution >= 0.6 is 0 Å². The molecule has 0 spiro atoms. The van der Waals surface area contributed by atoms with Gasteiger partial charge >= 0.3 is 0 Å². The van der Waals surface area contributed by atoms with Gasteiger partial charge in [-0.3, -0.25) is 0 Å². The molecule has 5 atom stereocenters. The van der Waals surface area contributed by atoms with Crippen molar-refractivity contribution in [2.45, 2.75) is 57.7 Å². The molecule has 3 aliphatic carbocycles. The topological polar surface area (TPSA) is 18.5 Å². The fraction of sp³-hybridized carbons (Fsp3) is 0.875. The summed E-state index contributed by atoms with van der Waals surface area (Å²) in [4.78, 5) is 0. The molecule has 0 aromatic rings. The van der Waals surface area contributed by atoms with E-state index in [2.05, 4.69) is 13.0 Å². The van der Waals surface area contributed by atoms with Gasteiger partial charge in [-0.15, -0.1) is 0 Å². The summed E-state index contributed by atoms with van der Waals surface area (Å²) in [6.45, 7) is 4.08. The summed E-state index contributed by atoms with van der Waals surface area (Å²) in [5, 5.41) is 0. The van der Waals surface area contributed by atoms with Crippen LogP contribution in [0.15, 0.2) is 11.6 Å². The summed E-state index contributed by atoms with van der Waals surface area (Å²) in [7, 11) is 0. The van der Waals surface area contributed by atoms with Gasteiger partial charge in [-0.25, -0.2) is 0 Å². The Morgan fingerprint density at radius 2 is 2.11 bits per heavy atom. The van der Waals surface area contributed by atoms with Gasteiger partial charge in [-0.05, 0) is 49.4 Å². The first-order chi connectivity index (χ1) is 8.78. The highest BCUT2D eigenvalue weighted by Gasteiger charge is 2.57. The van der Waals surface area contributed by atoms with Gasteiger partial charge < -0.3 is 9.47 Å². The van der Waals surface area contributed by atoms with Crippen molar-refractivity contribution in [2.75, 3.05) is 13.2 Å². The van der Waals surface area contributed by atoms with Gasteiger partial charge in [-0.2, -0.15) is 0 Å². The van der Waals surface area contributed by atoms with Gasteiger partial charge in [0, 0.05) is 0 Å². The standard InChI is InChI=1S/C16H24O2/c1-16-7-6-11-4-2-3-5-12(11)14(16)15-13(10-16)17-8-9-18-15/h6,12-15H,2-5,7-10H2,1H3. The zero-order valence-electron chi connectivity index (χ0n) is 11.4. The Morgan fingerprint density at radius 3 is 3.06 bits per heavy atom. The Morgan fingerprint density at radius 1 is 1.22 bits per heavy atom. The molecular weight excluding hydrogens is 224 g/mol. The first-order valence-corrected chi connectivity index (χ1v) is 7.70. The summed E-state index contributed by atoms with van der Waals surface area (Å²) < 4.78 is 12.1. The molecule has 0 aromatic carbocycles. The second-order valence-corrected chi connectivity index (χ2v) is 6.96. The zero-order valence-corrected chi connectivity index (χ0v) is 11.4. The highest BCUT2D eigenvalue weighted by molar-refractivity contribution is 5.22. The van der Waals surface area contributed by atoms with Crippen LogP contribution in [0.3, 0.4) is 0 Å². The highest BCUT2D eigenvalue weighted by Crippen LogP contribution is 2.58. The van der Waals surface area contributed by atoms with E-state index >= 15 is 0 Å². The molecule has 3 fully saturated rings. The third kappa shape index (κ3) is 1.55. The van der Waals surface area contributed by atoms with Gasteiger partial charge in [0.05, 0.1) is 25.4 Å². The van der Waals surface area contributed by atoms with Crippen molar-refractivity contribution >= 4 is 0 Å². The summed E-state index contributed by atoms with van der Waals surface area (Å²) in [6.07, 6.45) is 11.3. The van der Waals surface area contributed by atoms with Crippen LogP contribution in [0.5, 0.6) is 0 Å². The van der Waals surface area contributed by atoms with Gasteiger partial charge in [0.15, 0.2) is 0 Å². The third-order valence-corrected chi connectivity index (χ3v) is 5.89. The molecule has 18 heavy (non-hydrogen) atoms. The fourth-order valence-electron chi connectivity index (χ4n) is 5.11. The second kappa shape index (κ2) is 4.08. The van der Waals surface area contributed by atoms with E-state index in [-0.39, 0.29) is 0 Å². The first-order valence-electron chi connectivity index (χ1n) is 7.70. The summed E-state index contributed by atoms with van der Waals surface area (Å²) in [5.41, 5.74) is 2.18. The molecule has 1 heterocycles. The Kier molecular flexibility index (Phi) is 2.60. The van der Waals surface area contributed by atoms with Crippen LogP contribution in [0.25, 0.3) is 0 Å². The maximum Gasteiger partial charge on any atom is 0.0877 e. The molecule has 2 nitrogen and oxygen atoms in total. The van der Waals surface area contributed by atoms with Gasteiger partial charge in [0.1, 0.15) is 0 Å². The molecule has 0 aromatic heterocycles. The molecular formula is C16H24O2. The maximum absolute atomic E-state index is 6.13. The van der Waals surface area contributed by atoms with Crippen LogP contribution in [0.2, 0.25) is 0 Å². The molecule has 5 unspecified atom stereocenters. The minimum absolute atomic E-state index is 0.378. The minimum atomic E-state index is 0.378. The lowest BCUT2D eigenvalue weighted by atomic mass is 9.61. The fourth-order valence-corrected chi connectivity index (χ4v) is 5.11. The molecule has 2 heteroatoms. The van der Waals surface area contributed by atoms with Gasteiger partial charge in [-0.1, -0.05) is 25.0 Å². The SMILES string of the molecule is CC12CC=C3CCCCC3C1C1OCCOC1C2. The predicted octanol–water partition coefficient (Wildman–Crippen LogP) is 3.32. The van der Waals surface area contributed by atoms with Crippen molar-refractivity contribution < 1.29 is 9.47 Å². The van der Waals surface area contributed by atoms with Crippen molar-refractivity contribution in [2.24, 2.45) is 17.3 Å². The quantitative estimate of drug-likeness (QED) is 0.612. The lowest BCUT2D eigenvalue weighted by molar-refractivity contribution is -0.144. The van der Waals surface area contributed by atoms with Crippen LogP contribution in [0.1, 0.15) is 45.4 Å². The lowest BCUT2D eigenvalue weighted by Gasteiger charge is -2.45. The predicted molar refractivity (Wildman–Crippen MR) is 70.4 cm³/mol. The molecule has 4 rings (SSSR count). The highest BCUT2D eigenvalue weighted by atomic mass is 16.6. The Hall–Kier alpha value is -0.340. The number of rotatable bonds is 0. The molecule has 0 amide bonds. The molecule has 0 N–H and O–H groups in total. The molecule has 4 aliphatic rings. The van der Waals surface area contributed by atoms with E-state index in [1.807, 2.05) is 0 Å². The Balaban J connectivity index is 1.69. The number of fused-ring (bicyclic) bond motifs is 5. The van der Waals surface area contributed by atoms with Crippen molar-refractivity contribution in [1.29, 1.82) is 0 Å². The van der Waals surface area contributed by atoms with Gasteiger partial charge in [0.25, 0.3) is 0 Å². The van der Waals surface area contributed by atoms with Crippen LogP contribution in [-0.2, 0) is 9.47 Å². The van der Waals surface area contributed by atoms with Crippen molar-refractivity contribution in [3.05, 3.63) is 11.6 Å². The average Bonchev–Trinajstić information content (AvgIpc) is 2.71. The van der Waals surface area contributed by atoms with E-state index < -0.39 is 0 Å². The summed E-state index contributed by atoms with van der Waals surface area (Å²) in [6, 6.07) is 0. The van der Waals surface area contributed by atoms with Crippen LogP contribution < -0.4 is 0 Å². The number of hydrogen-bond acceptors (Lipinski definition) is 2. The van der Waals surface area contributed by atoms with E-state index in [4.69, 9.17) is 9.47 Å². The first kappa shape index (κ1) is 11.5. The van der Waals surface area contributed by atoms with E-state index in [1.54, 1.807) is 5.57 Å². The molecule has 100 valence electrons. The number of allylic oxidation sites excluding steroid dienone is 2. The molecule has 1 saturated heterocycles. The van der Waals surface area contributed by atoms with Crippen LogP contribution in [0.4, 0.5) is 0 Å². The van der Waals surface area contributed by atoms with Crippen molar-refractivity contribution in [1.82, 2.24) is 0 Å². The van der Waals surface area contributed by atoms with Crippen LogP contribution in [0, 0.1) is 17.3 Å². The molecule has 1 aliphatic heterocycles. The largest absolute Gasteiger partial charge is 0.373 e. The zero-order chi connectivity index (χ0) is 12.2. The maximum atomic E-state index is 6.13. The van der Waals surface area contributed by atoms with E-state index in [0.717, 1.165) is 25.0 Å². The van der Waals surface area contributed by atoms with Crippen molar-refractivity contribution in [3.63, 3.8) is 0 Å². The molecule has 0 radical (unpaired) electrons. The summed E-state index contributed by atoms with van der Waals surface area (Å²) >= 11 is 0.